The van der Waals surface area contributed by atoms with Crippen LogP contribution < -0.4 is 0 Å². The highest BCUT2D eigenvalue weighted by molar-refractivity contribution is 7.16. The van der Waals surface area contributed by atoms with E-state index in [0.717, 1.165) is 13.1 Å². The molecule has 1 unspecified atom stereocenters. The van der Waals surface area contributed by atoms with E-state index in [9.17, 15) is 9.90 Å². The number of aromatic nitrogens is 3. The van der Waals surface area contributed by atoms with E-state index in [0.29, 0.717) is 35.3 Å². The number of carbonyl (C=O) groups excluding carboxylic acids is 1. The maximum atomic E-state index is 12.6. The highest BCUT2D eigenvalue weighted by Crippen LogP contribution is 2.23. The number of aliphatic hydroxyl groups is 1. The molecule has 1 aliphatic rings. The molecule has 1 amide bonds. The Bertz CT molecular complexity index is 653. The van der Waals surface area contributed by atoms with Gasteiger partial charge in [-0.2, -0.15) is 0 Å². The molecule has 1 aliphatic heterocycles. The van der Waals surface area contributed by atoms with Gasteiger partial charge in [0.25, 0.3) is 5.91 Å². The summed E-state index contributed by atoms with van der Waals surface area (Å²) in [6.07, 6.45) is 4.58. The molecular weight excluding hydrogens is 314 g/mol. The maximum Gasteiger partial charge on any atom is 0.265 e. The monoisotopic (exact) mass is 333 g/mol. The average Bonchev–Trinajstić information content (AvgIpc) is 3.05. The lowest BCUT2D eigenvalue weighted by Gasteiger charge is -2.34. The van der Waals surface area contributed by atoms with Crippen LogP contribution in [0.3, 0.4) is 0 Å². The zero-order valence-corrected chi connectivity index (χ0v) is 13.7. The van der Waals surface area contributed by atoms with Crippen molar-refractivity contribution in [3.05, 3.63) is 29.5 Å². The summed E-state index contributed by atoms with van der Waals surface area (Å²) < 4.78 is 0. The van der Waals surface area contributed by atoms with Crippen LogP contribution in [0.4, 0.5) is 0 Å². The molecule has 0 aromatic carbocycles. The van der Waals surface area contributed by atoms with Crippen molar-refractivity contribution in [1.82, 2.24) is 24.8 Å². The highest BCUT2D eigenvalue weighted by Gasteiger charge is 2.24. The highest BCUT2D eigenvalue weighted by atomic mass is 32.1. The Morgan fingerprint density at radius 1 is 1.26 bits per heavy atom. The minimum Gasteiger partial charge on any atom is -0.392 e. The van der Waals surface area contributed by atoms with E-state index < -0.39 is 0 Å². The van der Waals surface area contributed by atoms with Crippen LogP contribution in [0.15, 0.2) is 24.7 Å². The summed E-state index contributed by atoms with van der Waals surface area (Å²) in [5, 5.41) is 10.1. The Hall–Kier alpha value is -1.90. The number of hydrogen-bond donors (Lipinski definition) is 1. The lowest BCUT2D eigenvalue weighted by atomic mass is 10.2. The van der Waals surface area contributed by atoms with Crippen molar-refractivity contribution in [2.75, 3.05) is 32.7 Å². The topological polar surface area (TPSA) is 82.5 Å². The molecule has 1 fully saturated rings. The van der Waals surface area contributed by atoms with Crippen molar-refractivity contribution in [3.63, 3.8) is 0 Å². The Kier molecular flexibility index (Phi) is 4.94. The van der Waals surface area contributed by atoms with Gasteiger partial charge in [-0.3, -0.25) is 9.69 Å². The van der Waals surface area contributed by atoms with E-state index in [1.165, 1.54) is 11.3 Å². The number of amides is 1. The van der Waals surface area contributed by atoms with Gasteiger partial charge in [0.1, 0.15) is 4.88 Å². The van der Waals surface area contributed by atoms with E-state index in [2.05, 4.69) is 19.9 Å². The number of nitrogens with zero attached hydrogens (tertiary/aromatic N) is 5. The van der Waals surface area contributed by atoms with Gasteiger partial charge in [0.2, 0.25) is 0 Å². The van der Waals surface area contributed by atoms with Crippen LogP contribution >= 0.6 is 11.3 Å². The van der Waals surface area contributed by atoms with Gasteiger partial charge in [-0.05, 0) is 13.0 Å². The summed E-state index contributed by atoms with van der Waals surface area (Å²) >= 11 is 1.32. The molecule has 0 bridgehead atoms. The van der Waals surface area contributed by atoms with E-state index in [-0.39, 0.29) is 12.0 Å². The SMILES string of the molecule is CC(O)CN1CCN(C(=O)c2cnc(-c3ncccn3)s2)CC1. The van der Waals surface area contributed by atoms with E-state index in [4.69, 9.17) is 0 Å². The van der Waals surface area contributed by atoms with Gasteiger partial charge < -0.3 is 10.0 Å². The molecule has 0 saturated carbocycles. The molecule has 2 aromatic heterocycles. The molecule has 1 N–H and O–H groups in total. The molecule has 3 heterocycles. The molecule has 1 atom stereocenters. The Morgan fingerprint density at radius 3 is 2.61 bits per heavy atom. The molecular formula is C15H19N5O2S. The first-order valence-electron chi connectivity index (χ1n) is 7.56. The zero-order chi connectivity index (χ0) is 16.2. The quantitative estimate of drug-likeness (QED) is 0.889. The predicted molar refractivity (Wildman–Crippen MR) is 87.2 cm³/mol. The number of rotatable bonds is 4. The number of carbonyl (C=O) groups is 1. The van der Waals surface area contributed by atoms with Crippen LogP contribution in [-0.2, 0) is 0 Å². The summed E-state index contributed by atoms with van der Waals surface area (Å²) in [4.78, 5) is 29.7. The van der Waals surface area contributed by atoms with Gasteiger partial charge in [0.05, 0.1) is 12.3 Å². The van der Waals surface area contributed by atoms with Crippen LogP contribution in [-0.4, -0.2) is 74.6 Å². The van der Waals surface area contributed by atoms with Gasteiger partial charge in [-0.1, -0.05) is 0 Å². The second-order valence-corrected chi connectivity index (χ2v) is 6.57. The molecule has 7 nitrogen and oxygen atoms in total. The first kappa shape index (κ1) is 16.0. The Morgan fingerprint density at radius 2 is 1.96 bits per heavy atom. The predicted octanol–water partition coefficient (Wildman–Crippen LogP) is 0.739. The van der Waals surface area contributed by atoms with Crippen molar-refractivity contribution in [3.8, 4) is 10.8 Å². The minimum absolute atomic E-state index is 0.00128. The standard InChI is InChI=1S/C15H19N5O2S/c1-11(21)10-19-5-7-20(8-6-19)15(22)12-9-18-14(23-12)13-16-3-2-4-17-13/h2-4,9,11,21H,5-8,10H2,1H3. The molecule has 0 spiro atoms. The van der Waals surface area contributed by atoms with Gasteiger partial charge >= 0.3 is 0 Å². The molecule has 23 heavy (non-hydrogen) atoms. The van der Waals surface area contributed by atoms with Crippen molar-refractivity contribution in [2.45, 2.75) is 13.0 Å². The van der Waals surface area contributed by atoms with Crippen LogP contribution in [0.5, 0.6) is 0 Å². The van der Waals surface area contributed by atoms with Gasteiger partial charge in [-0.15, -0.1) is 11.3 Å². The third-order valence-corrected chi connectivity index (χ3v) is 4.64. The normalized spacial score (nSPS) is 17.2. The van der Waals surface area contributed by atoms with E-state index >= 15 is 0 Å². The maximum absolute atomic E-state index is 12.6. The van der Waals surface area contributed by atoms with Crippen molar-refractivity contribution in [1.29, 1.82) is 0 Å². The molecule has 0 radical (unpaired) electrons. The van der Waals surface area contributed by atoms with Crippen LogP contribution in [0.1, 0.15) is 16.6 Å². The second-order valence-electron chi connectivity index (χ2n) is 5.54. The number of thiazole rings is 1. The van der Waals surface area contributed by atoms with Crippen LogP contribution in [0.25, 0.3) is 10.8 Å². The lowest BCUT2D eigenvalue weighted by Crippen LogP contribution is -2.50. The molecule has 8 heteroatoms. The number of β-amino-alcohol motifs (C(OH)–C–C–N with tert-alkyl or cyclic N) is 1. The lowest BCUT2D eigenvalue weighted by molar-refractivity contribution is 0.0558. The zero-order valence-electron chi connectivity index (χ0n) is 12.9. The molecule has 0 aliphatic carbocycles. The molecule has 1 saturated heterocycles. The summed E-state index contributed by atoms with van der Waals surface area (Å²) in [5.74, 6) is 0.541. The van der Waals surface area contributed by atoms with Crippen LogP contribution in [0.2, 0.25) is 0 Å². The van der Waals surface area contributed by atoms with Gasteiger partial charge in [0.15, 0.2) is 10.8 Å². The smallest absolute Gasteiger partial charge is 0.265 e. The van der Waals surface area contributed by atoms with Crippen LogP contribution in [0, 0.1) is 0 Å². The second kappa shape index (κ2) is 7.12. The van der Waals surface area contributed by atoms with E-state index in [1.54, 1.807) is 31.6 Å². The van der Waals surface area contributed by atoms with Gasteiger partial charge in [0, 0.05) is 45.1 Å². The number of hydrogen-bond acceptors (Lipinski definition) is 7. The Labute approximate surface area is 138 Å². The summed E-state index contributed by atoms with van der Waals surface area (Å²) in [7, 11) is 0. The van der Waals surface area contributed by atoms with Crippen molar-refractivity contribution in [2.24, 2.45) is 0 Å². The number of piperazine rings is 1. The van der Waals surface area contributed by atoms with E-state index in [1.807, 2.05) is 4.90 Å². The first-order chi connectivity index (χ1) is 11.1. The fraction of sp³-hybridized carbons (Fsp3) is 0.467. The van der Waals surface area contributed by atoms with Gasteiger partial charge in [-0.25, -0.2) is 15.0 Å². The third-order valence-electron chi connectivity index (χ3n) is 3.66. The average molecular weight is 333 g/mol. The van der Waals surface area contributed by atoms with Crippen molar-refractivity contribution >= 4 is 17.2 Å². The summed E-state index contributed by atoms with van der Waals surface area (Å²) in [6, 6.07) is 1.75. The van der Waals surface area contributed by atoms with Crippen molar-refractivity contribution < 1.29 is 9.90 Å². The minimum atomic E-state index is -0.341. The summed E-state index contributed by atoms with van der Waals surface area (Å²) in [5.41, 5.74) is 0. The largest absolute Gasteiger partial charge is 0.392 e. The first-order valence-corrected chi connectivity index (χ1v) is 8.38. The fourth-order valence-corrected chi connectivity index (χ4v) is 3.38. The molecule has 2 aromatic rings. The third kappa shape index (κ3) is 3.90. The number of aliphatic hydroxyl groups excluding tert-OH is 1. The fourth-order valence-electron chi connectivity index (χ4n) is 2.55. The molecule has 122 valence electrons. The Balaban J connectivity index is 1.62. The molecule has 3 rings (SSSR count). The summed E-state index contributed by atoms with van der Waals surface area (Å²) in [6.45, 7) is 5.33.